The van der Waals surface area contributed by atoms with Gasteiger partial charge in [-0.3, -0.25) is 4.79 Å². The number of fused-ring (bicyclic) bond motifs is 6. The summed E-state index contributed by atoms with van der Waals surface area (Å²) in [7, 11) is 0. The van der Waals surface area contributed by atoms with Gasteiger partial charge in [0.2, 0.25) is 16.5 Å². The Hall–Kier alpha value is -4.08. The maximum atomic E-state index is 14.3. The van der Waals surface area contributed by atoms with E-state index >= 15 is 0 Å². The Morgan fingerprint density at radius 1 is 0.773 bits per heavy atom. The van der Waals surface area contributed by atoms with Crippen LogP contribution >= 0.6 is 23.2 Å². The molecule has 0 saturated heterocycles. The molecule has 1 spiro atoms. The minimum absolute atomic E-state index is 0.00563. The molecule has 0 aliphatic carbocycles. The summed E-state index contributed by atoms with van der Waals surface area (Å²) >= 11 is 12.0. The van der Waals surface area contributed by atoms with Crippen molar-refractivity contribution >= 4 is 46.4 Å². The molecule has 4 aromatic rings. The van der Waals surface area contributed by atoms with E-state index in [9.17, 15) is 4.79 Å². The first kappa shape index (κ1) is 30.0. The highest BCUT2D eigenvalue weighted by atomic mass is 35.5. The van der Waals surface area contributed by atoms with Crippen molar-refractivity contribution in [3.8, 4) is 11.5 Å². The molecule has 228 valence electrons. The van der Waals surface area contributed by atoms with E-state index < -0.39 is 5.54 Å². The van der Waals surface area contributed by atoms with Crippen LogP contribution in [0.25, 0.3) is 0 Å². The smallest absolute Gasteiger partial charge is 0.255 e. The van der Waals surface area contributed by atoms with Crippen LogP contribution in [0.1, 0.15) is 54.7 Å². The molecule has 0 radical (unpaired) electrons. The average Bonchev–Trinajstić information content (AvgIpc) is 3.26. The van der Waals surface area contributed by atoms with E-state index in [0.717, 1.165) is 65.7 Å². The predicted octanol–water partition coefficient (Wildman–Crippen LogP) is 6.84. The quantitative estimate of drug-likeness (QED) is 0.204. The molecule has 0 atom stereocenters. The van der Waals surface area contributed by atoms with E-state index in [1.54, 1.807) is 0 Å². The van der Waals surface area contributed by atoms with Crippen LogP contribution in [-0.2, 0) is 5.54 Å². The summed E-state index contributed by atoms with van der Waals surface area (Å²) in [5.74, 6) is 1.65. The first-order chi connectivity index (χ1) is 21.3. The number of nitrogens with one attached hydrogen (secondary N) is 1. The summed E-state index contributed by atoms with van der Waals surface area (Å²) < 4.78 is 6.76. The van der Waals surface area contributed by atoms with E-state index in [1.165, 1.54) is 0 Å². The second-order valence-electron chi connectivity index (χ2n) is 10.6. The Morgan fingerprint density at radius 3 is 1.86 bits per heavy atom. The zero-order chi connectivity index (χ0) is 31.0. The molecule has 3 aromatic carbocycles. The predicted molar refractivity (Wildman–Crippen MR) is 176 cm³/mol. The van der Waals surface area contributed by atoms with Gasteiger partial charge in [0, 0.05) is 79.5 Å². The van der Waals surface area contributed by atoms with Gasteiger partial charge in [-0.05, 0) is 74.7 Å². The Bertz CT molecular complexity index is 1630. The number of ether oxygens (including phenoxy) is 1. The first-order valence-corrected chi connectivity index (χ1v) is 15.8. The second kappa shape index (κ2) is 12.1. The minimum Gasteiger partial charge on any atom is -0.456 e. The van der Waals surface area contributed by atoms with Crippen LogP contribution in [0, 0.1) is 0 Å². The van der Waals surface area contributed by atoms with E-state index in [-0.39, 0.29) is 22.4 Å². The van der Waals surface area contributed by atoms with Gasteiger partial charge in [0.1, 0.15) is 17.0 Å². The fourth-order valence-corrected chi connectivity index (χ4v) is 6.95. The number of benzene rings is 3. The summed E-state index contributed by atoms with van der Waals surface area (Å²) in [6.07, 6.45) is 0. The maximum absolute atomic E-state index is 14.3. The van der Waals surface area contributed by atoms with Gasteiger partial charge in [-0.25, -0.2) is 0 Å². The molecule has 0 unspecified atom stereocenters. The van der Waals surface area contributed by atoms with Crippen LogP contribution < -0.4 is 19.9 Å². The van der Waals surface area contributed by atoms with E-state index in [1.807, 2.05) is 23.1 Å². The zero-order valence-electron chi connectivity index (χ0n) is 25.3. The fraction of sp³-hybridized carbons (Fsp3) is 0.333. The standard InChI is InChI=1S/C33H35Cl2N7O2/c1-5-40(6-2)21-13-15-25-27(19-21)44-28-20-22(41(7-3)8-4)14-16-26(28)33(25)24-12-10-9-11-23(24)29(43)42(33)18-17-36-32-38-30(34)37-31(35)39-32/h9-16,19-20H,5-8,17-18H2,1-4H3,(H,36,37,38,39). The first-order valence-electron chi connectivity index (χ1n) is 15.0. The third-order valence-electron chi connectivity index (χ3n) is 8.58. The number of aromatic nitrogens is 3. The third-order valence-corrected chi connectivity index (χ3v) is 8.92. The second-order valence-corrected chi connectivity index (χ2v) is 11.3. The van der Waals surface area contributed by atoms with Crippen molar-refractivity contribution in [2.75, 3.05) is 54.4 Å². The largest absolute Gasteiger partial charge is 0.456 e. The number of nitrogens with zero attached hydrogens (tertiary/aromatic N) is 6. The normalized spacial score (nSPS) is 14.1. The highest BCUT2D eigenvalue weighted by Gasteiger charge is 2.56. The van der Waals surface area contributed by atoms with Crippen molar-refractivity contribution in [2.45, 2.75) is 33.2 Å². The molecule has 1 aromatic heterocycles. The van der Waals surface area contributed by atoms with Gasteiger partial charge >= 0.3 is 0 Å². The van der Waals surface area contributed by atoms with Crippen molar-refractivity contribution in [3.05, 3.63) is 93.5 Å². The lowest BCUT2D eigenvalue weighted by atomic mass is 9.74. The SMILES string of the molecule is CCN(CC)c1ccc2c(c1)Oc1cc(N(CC)CC)ccc1C21c2ccccc2C(=O)N1CCNc1nc(Cl)nc(Cl)n1. The van der Waals surface area contributed by atoms with Crippen LogP contribution in [0.15, 0.2) is 60.7 Å². The highest BCUT2D eigenvalue weighted by molar-refractivity contribution is 6.31. The van der Waals surface area contributed by atoms with Gasteiger partial charge in [-0.2, -0.15) is 15.0 Å². The van der Waals surface area contributed by atoms with Gasteiger partial charge < -0.3 is 24.8 Å². The summed E-state index contributed by atoms with van der Waals surface area (Å²) in [5.41, 5.74) is 4.65. The van der Waals surface area contributed by atoms with Gasteiger partial charge in [0.25, 0.3) is 5.91 Å². The van der Waals surface area contributed by atoms with Crippen LogP contribution in [0.2, 0.25) is 10.6 Å². The molecule has 6 rings (SSSR count). The van der Waals surface area contributed by atoms with Gasteiger partial charge in [0.05, 0.1) is 0 Å². The molecule has 9 nitrogen and oxygen atoms in total. The topological polar surface area (TPSA) is 86.7 Å². The van der Waals surface area contributed by atoms with Gasteiger partial charge in [-0.1, -0.05) is 30.3 Å². The Labute approximate surface area is 267 Å². The molecule has 0 bridgehead atoms. The minimum atomic E-state index is -0.920. The lowest BCUT2D eigenvalue weighted by Crippen LogP contribution is -2.49. The molecule has 3 heterocycles. The Kier molecular flexibility index (Phi) is 8.26. The molecular formula is C33H35Cl2N7O2. The van der Waals surface area contributed by atoms with Gasteiger partial charge in [0.15, 0.2) is 0 Å². The molecule has 2 aliphatic heterocycles. The summed E-state index contributed by atoms with van der Waals surface area (Å²) in [5, 5.41) is 3.17. The molecule has 11 heteroatoms. The monoisotopic (exact) mass is 631 g/mol. The lowest BCUT2D eigenvalue weighted by Gasteiger charge is -2.45. The van der Waals surface area contributed by atoms with Crippen LogP contribution in [0.3, 0.4) is 0 Å². The molecule has 1 amide bonds. The van der Waals surface area contributed by atoms with Crippen molar-refractivity contribution in [1.82, 2.24) is 19.9 Å². The van der Waals surface area contributed by atoms with E-state index in [4.69, 9.17) is 27.9 Å². The van der Waals surface area contributed by atoms with E-state index in [0.29, 0.717) is 18.7 Å². The van der Waals surface area contributed by atoms with Crippen molar-refractivity contribution < 1.29 is 9.53 Å². The molecule has 0 saturated carbocycles. The third kappa shape index (κ3) is 4.88. The highest BCUT2D eigenvalue weighted by Crippen LogP contribution is 2.58. The number of hydrogen-bond donors (Lipinski definition) is 1. The van der Waals surface area contributed by atoms with Crippen molar-refractivity contribution in [1.29, 1.82) is 0 Å². The van der Waals surface area contributed by atoms with Crippen molar-refractivity contribution in [3.63, 3.8) is 0 Å². The number of rotatable bonds is 10. The average molecular weight is 633 g/mol. The molecule has 2 aliphatic rings. The number of anilines is 3. The van der Waals surface area contributed by atoms with Gasteiger partial charge in [-0.15, -0.1) is 0 Å². The zero-order valence-corrected chi connectivity index (χ0v) is 26.8. The molecule has 1 N–H and O–H groups in total. The summed E-state index contributed by atoms with van der Waals surface area (Å²) in [4.78, 5) is 32.9. The molecular weight excluding hydrogens is 597 g/mol. The van der Waals surface area contributed by atoms with Crippen LogP contribution in [0.4, 0.5) is 17.3 Å². The Balaban J connectivity index is 1.53. The van der Waals surface area contributed by atoms with Crippen molar-refractivity contribution in [2.24, 2.45) is 0 Å². The number of halogens is 2. The fourth-order valence-electron chi connectivity index (χ4n) is 6.59. The Morgan fingerprint density at radius 2 is 1.32 bits per heavy atom. The number of amides is 1. The summed E-state index contributed by atoms with van der Waals surface area (Å²) in [6.45, 7) is 12.7. The van der Waals surface area contributed by atoms with E-state index in [2.05, 4.69) is 100 Å². The molecule has 44 heavy (non-hydrogen) atoms. The maximum Gasteiger partial charge on any atom is 0.255 e. The number of carbonyl (C=O) groups is 1. The lowest BCUT2D eigenvalue weighted by molar-refractivity contribution is 0.0675. The summed E-state index contributed by atoms with van der Waals surface area (Å²) in [6, 6.07) is 20.6. The van der Waals surface area contributed by atoms with Crippen LogP contribution in [0.5, 0.6) is 11.5 Å². The number of hydrogen-bond acceptors (Lipinski definition) is 8. The molecule has 0 fully saturated rings. The van der Waals surface area contributed by atoms with Crippen LogP contribution in [-0.4, -0.2) is 65.0 Å². The number of carbonyl (C=O) groups excluding carboxylic acids is 1.